The van der Waals surface area contributed by atoms with Crippen molar-refractivity contribution in [3.8, 4) is 17.2 Å². The molecular formula is C22H34N2O5. The van der Waals surface area contributed by atoms with Gasteiger partial charge in [-0.05, 0) is 12.8 Å². The molecule has 7 heteroatoms. The molecule has 1 aliphatic rings. The minimum atomic E-state index is -0.337. The summed E-state index contributed by atoms with van der Waals surface area (Å²) in [4.78, 5) is 29.4. The fourth-order valence-electron chi connectivity index (χ4n) is 3.84. The Morgan fingerprint density at radius 1 is 1.10 bits per heavy atom. The maximum atomic E-state index is 13.1. The smallest absolute Gasteiger partial charge is 0.228 e. The normalized spacial score (nSPS) is 16.3. The molecule has 0 N–H and O–H groups in total. The summed E-state index contributed by atoms with van der Waals surface area (Å²) in [6.45, 7) is 8.06. The van der Waals surface area contributed by atoms with Gasteiger partial charge >= 0.3 is 0 Å². The highest BCUT2D eigenvalue weighted by Crippen LogP contribution is 2.42. The molecule has 0 bridgehead atoms. The zero-order valence-corrected chi connectivity index (χ0v) is 18.5. The minimum absolute atomic E-state index is 0.0580. The van der Waals surface area contributed by atoms with Gasteiger partial charge < -0.3 is 24.0 Å². The summed E-state index contributed by atoms with van der Waals surface area (Å²) in [6, 6.07) is 3.49. The molecule has 29 heavy (non-hydrogen) atoms. The zero-order chi connectivity index (χ0) is 21.6. The molecule has 0 spiro atoms. The molecule has 0 radical (unpaired) electrons. The largest absolute Gasteiger partial charge is 0.493 e. The Morgan fingerprint density at radius 3 is 2.14 bits per heavy atom. The number of benzene rings is 1. The summed E-state index contributed by atoms with van der Waals surface area (Å²) in [5, 5.41) is 0. The van der Waals surface area contributed by atoms with Gasteiger partial charge in [0.15, 0.2) is 11.5 Å². The van der Waals surface area contributed by atoms with Crippen LogP contribution in [0, 0.1) is 11.8 Å². The van der Waals surface area contributed by atoms with Crippen molar-refractivity contribution < 1.29 is 23.8 Å². The lowest BCUT2D eigenvalue weighted by atomic mass is 10.0. The maximum Gasteiger partial charge on any atom is 0.228 e. The molecule has 1 unspecified atom stereocenters. The number of hydrogen-bond acceptors (Lipinski definition) is 5. The minimum Gasteiger partial charge on any atom is -0.493 e. The number of nitrogens with zero attached hydrogens (tertiary/aromatic N) is 2. The van der Waals surface area contributed by atoms with Crippen molar-refractivity contribution in [2.45, 2.75) is 40.0 Å². The second-order valence-electron chi connectivity index (χ2n) is 7.35. The molecule has 0 aromatic heterocycles. The lowest BCUT2D eigenvalue weighted by Gasteiger charge is -2.28. The van der Waals surface area contributed by atoms with Crippen molar-refractivity contribution in [1.29, 1.82) is 0 Å². The SMILES string of the molecule is CCC(CC)CN(CC)C(=O)C1CC(=O)N(c2cc(OC)c(OC)c(OC)c2)C1. The first kappa shape index (κ1) is 22.8. The Kier molecular flexibility index (Phi) is 8.17. The Labute approximate surface area is 173 Å². The highest BCUT2D eigenvalue weighted by Gasteiger charge is 2.37. The summed E-state index contributed by atoms with van der Waals surface area (Å²) in [6.07, 6.45) is 2.30. The summed E-state index contributed by atoms with van der Waals surface area (Å²) >= 11 is 0. The van der Waals surface area contributed by atoms with E-state index in [2.05, 4.69) is 13.8 Å². The Hall–Kier alpha value is -2.44. The summed E-state index contributed by atoms with van der Waals surface area (Å²) < 4.78 is 16.1. The van der Waals surface area contributed by atoms with Gasteiger partial charge in [-0.2, -0.15) is 0 Å². The third-order valence-corrected chi connectivity index (χ3v) is 5.76. The molecular weight excluding hydrogens is 372 g/mol. The summed E-state index contributed by atoms with van der Waals surface area (Å²) in [5.74, 6) is 1.57. The number of hydrogen-bond donors (Lipinski definition) is 0. The first-order valence-corrected chi connectivity index (χ1v) is 10.3. The Morgan fingerprint density at radius 2 is 1.69 bits per heavy atom. The van der Waals surface area contributed by atoms with E-state index in [0.29, 0.717) is 41.9 Å². The molecule has 1 atom stereocenters. The summed E-state index contributed by atoms with van der Waals surface area (Å²) in [5.41, 5.74) is 0.642. The monoisotopic (exact) mass is 406 g/mol. The van der Waals surface area contributed by atoms with Crippen molar-refractivity contribution in [3.05, 3.63) is 12.1 Å². The number of amides is 2. The third kappa shape index (κ3) is 4.95. The number of rotatable bonds is 10. The third-order valence-electron chi connectivity index (χ3n) is 5.76. The van der Waals surface area contributed by atoms with Crippen LogP contribution in [-0.4, -0.2) is 57.7 Å². The van der Waals surface area contributed by atoms with Gasteiger partial charge in [0.25, 0.3) is 0 Å². The van der Waals surface area contributed by atoms with Gasteiger partial charge in [0.1, 0.15) is 0 Å². The van der Waals surface area contributed by atoms with E-state index in [1.165, 1.54) is 21.3 Å². The zero-order valence-electron chi connectivity index (χ0n) is 18.5. The number of methoxy groups -OCH3 is 3. The van der Waals surface area contributed by atoms with E-state index in [9.17, 15) is 9.59 Å². The first-order valence-electron chi connectivity index (χ1n) is 10.3. The molecule has 1 aromatic carbocycles. The van der Waals surface area contributed by atoms with Gasteiger partial charge in [0.2, 0.25) is 17.6 Å². The highest BCUT2D eigenvalue weighted by molar-refractivity contribution is 6.00. The van der Waals surface area contributed by atoms with Crippen molar-refractivity contribution in [2.75, 3.05) is 45.9 Å². The van der Waals surface area contributed by atoms with Crippen LogP contribution in [0.4, 0.5) is 5.69 Å². The van der Waals surface area contributed by atoms with Gasteiger partial charge in [0.05, 0.1) is 32.9 Å². The van der Waals surface area contributed by atoms with Crippen LogP contribution in [0.25, 0.3) is 0 Å². The molecule has 7 nitrogen and oxygen atoms in total. The van der Waals surface area contributed by atoms with E-state index < -0.39 is 0 Å². The molecule has 1 heterocycles. The van der Waals surface area contributed by atoms with Crippen LogP contribution in [0.1, 0.15) is 40.0 Å². The van der Waals surface area contributed by atoms with E-state index in [1.54, 1.807) is 17.0 Å². The molecule has 1 aliphatic heterocycles. The van der Waals surface area contributed by atoms with E-state index in [-0.39, 0.29) is 24.2 Å². The predicted molar refractivity (Wildman–Crippen MR) is 113 cm³/mol. The Balaban J connectivity index is 2.22. The molecule has 2 amide bonds. The van der Waals surface area contributed by atoms with E-state index in [4.69, 9.17) is 14.2 Å². The number of ether oxygens (including phenoxy) is 3. The van der Waals surface area contributed by atoms with Crippen LogP contribution in [-0.2, 0) is 9.59 Å². The fourth-order valence-corrected chi connectivity index (χ4v) is 3.84. The van der Waals surface area contributed by atoms with Crippen LogP contribution in [0.3, 0.4) is 0 Å². The fraction of sp³-hybridized carbons (Fsp3) is 0.636. The molecule has 1 aromatic rings. The topological polar surface area (TPSA) is 68.3 Å². The van der Waals surface area contributed by atoms with Gasteiger partial charge in [0, 0.05) is 38.2 Å². The van der Waals surface area contributed by atoms with E-state index in [1.807, 2.05) is 11.8 Å². The molecule has 0 aliphatic carbocycles. The van der Waals surface area contributed by atoms with Crippen LogP contribution < -0.4 is 19.1 Å². The van der Waals surface area contributed by atoms with Crippen molar-refractivity contribution in [1.82, 2.24) is 4.90 Å². The molecule has 2 rings (SSSR count). The van der Waals surface area contributed by atoms with Crippen LogP contribution in [0.2, 0.25) is 0 Å². The predicted octanol–water partition coefficient (Wildman–Crippen LogP) is 3.35. The summed E-state index contributed by atoms with van der Waals surface area (Å²) in [7, 11) is 4.61. The molecule has 1 fully saturated rings. The quantitative estimate of drug-likeness (QED) is 0.596. The van der Waals surface area contributed by atoms with Gasteiger partial charge in [-0.1, -0.05) is 26.7 Å². The van der Waals surface area contributed by atoms with E-state index in [0.717, 1.165) is 19.4 Å². The lowest BCUT2D eigenvalue weighted by molar-refractivity contribution is -0.136. The van der Waals surface area contributed by atoms with Crippen LogP contribution in [0.5, 0.6) is 17.2 Å². The van der Waals surface area contributed by atoms with Crippen LogP contribution >= 0.6 is 0 Å². The van der Waals surface area contributed by atoms with Gasteiger partial charge in [-0.15, -0.1) is 0 Å². The Bertz CT molecular complexity index is 692. The standard InChI is InChI=1S/C22H34N2O5/c1-7-15(8-2)13-23(9-3)22(26)16-10-20(25)24(14-16)17-11-18(27-4)21(29-6)19(12-17)28-5/h11-12,15-16H,7-10,13-14H2,1-6H3. The lowest BCUT2D eigenvalue weighted by Crippen LogP contribution is -2.40. The van der Waals surface area contributed by atoms with Crippen molar-refractivity contribution in [3.63, 3.8) is 0 Å². The van der Waals surface area contributed by atoms with Crippen molar-refractivity contribution >= 4 is 17.5 Å². The molecule has 1 saturated heterocycles. The van der Waals surface area contributed by atoms with Gasteiger partial charge in [-0.3, -0.25) is 9.59 Å². The number of carbonyl (C=O) groups excluding carboxylic acids is 2. The number of anilines is 1. The van der Waals surface area contributed by atoms with Crippen LogP contribution in [0.15, 0.2) is 12.1 Å². The maximum absolute atomic E-state index is 13.1. The average molecular weight is 407 g/mol. The van der Waals surface area contributed by atoms with Gasteiger partial charge in [-0.25, -0.2) is 0 Å². The average Bonchev–Trinajstić information content (AvgIpc) is 3.14. The molecule has 162 valence electrons. The second-order valence-corrected chi connectivity index (χ2v) is 7.35. The van der Waals surface area contributed by atoms with E-state index >= 15 is 0 Å². The number of carbonyl (C=O) groups is 2. The second kappa shape index (κ2) is 10.4. The van der Waals surface area contributed by atoms with Crippen molar-refractivity contribution in [2.24, 2.45) is 11.8 Å². The first-order chi connectivity index (χ1) is 13.9. The molecule has 0 saturated carbocycles. The highest BCUT2D eigenvalue weighted by atomic mass is 16.5.